The lowest BCUT2D eigenvalue weighted by molar-refractivity contribution is 0.417. The lowest BCUT2D eigenvalue weighted by Gasteiger charge is -2.14. The van der Waals surface area contributed by atoms with E-state index in [9.17, 15) is 0 Å². The summed E-state index contributed by atoms with van der Waals surface area (Å²) in [5.74, 6) is 2.36. The Morgan fingerprint density at radius 1 is 1.25 bits per heavy atom. The number of anilines is 4. The SMILES string of the molecule is COc1ccc(Cl)cc1Nc1ncnc(NCc2ccco2)c1N. The highest BCUT2D eigenvalue weighted by molar-refractivity contribution is 6.31. The lowest BCUT2D eigenvalue weighted by Crippen LogP contribution is -2.08. The minimum absolute atomic E-state index is 0.381. The van der Waals surface area contributed by atoms with E-state index < -0.39 is 0 Å². The number of ether oxygens (including phenoxy) is 1. The van der Waals surface area contributed by atoms with Crippen LogP contribution in [0.25, 0.3) is 0 Å². The first-order valence-electron chi connectivity index (χ1n) is 7.14. The summed E-state index contributed by atoms with van der Waals surface area (Å²) in [4.78, 5) is 8.33. The molecule has 2 heterocycles. The predicted molar refractivity (Wildman–Crippen MR) is 93.8 cm³/mol. The number of nitrogen functional groups attached to an aromatic ring is 1. The number of benzene rings is 1. The molecule has 2 aromatic heterocycles. The molecule has 0 fully saturated rings. The molecular weight excluding hydrogens is 330 g/mol. The molecule has 0 amide bonds. The van der Waals surface area contributed by atoms with Crippen LogP contribution in [0.1, 0.15) is 5.76 Å². The summed E-state index contributed by atoms with van der Waals surface area (Å²) in [5, 5.41) is 6.80. The number of hydrogen-bond acceptors (Lipinski definition) is 7. The zero-order chi connectivity index (χ0) is 16.9. The molecule has 124 valence electrons. The Balaban J connectivity index is 1.81. The zero-order valence-corrected chi connectivity index (χ0v) is 13.7. The van der Waals surface area contributed by atoms with Crippen LogP contribution in [0, 0.1) is 0 Å². The largest absolute Gasteiger partial charge is 0.495 e. The molecular formula is C16H16ClN5O2. The van der Waals surface area contributed by atoms with Crippen LogP contribution < -0.4 is 21.1 Å². The number of hydrogen-bond donors (Lipinski definition) is 3. The van der Waals surface area contributed by atoms with E-state index in [0.29, 0.717) is 40.3 Å². The summed E-state index contributed by atoms with van der Waals surface area (Å²) in [6.45, 7) is 0.466. The fourth-order valence-electron chi connectivity index (χ4n) is 2.13. The molecule has 3 rings (SSSR count). The van der Waals surface area contributed by atoms with Crippen LogP contribution >= 0.6 is 11.6 Å². The van der Waals surface area contributed by atoms with E-state index in [1.165, 1.54) is 6.33 Å². The van der Waals surface area contributed by atoms with Gasteiger partial charge in [0.25, 0.3) is 0 Å². The van der Waals surface area contributed by atoms with E-state index >= 15 is 0 Å². The first kappa shape index (κ1) is 15.9. The van der Waals surface area contributed by atoms with E-state index in [2.05, 4.69) is 20.6 Å². The van der Waals surface area contributed by atoms with Crippen LogP contribution in [0.4, 0.5) is 23.0 Å². The molecule has 0 radical (unpaired) electrons. The van der Waals surface area contributed by atoms with Gasteiger partial charge in [-0.3, -0.25) is 0 Å². The highest BCUT2D eigenvalue weighted by Crippen LogP contribution is 2.33. The van der Waals surface area contributed by atoms with Gasteiger partial charge < -0.3 is 25.5 Å². The third-order valence-electron chi connectivity index (χ3n) is 3.31. The van der Waals surface area contributed by atoms with Crippen molar-refractivity contribution < 1.29 is 9.15 Å². The van der Waals surface area contributed by atoms with Crippen LogP contribution in [0.2, 0.25) is 5.02 Å². The van der Waals surface area contributed by atoms with Gasteiger partial charge in [-0.1, -0.05) is 11.6 Å². The summed E-state index contributed by atoms with van der Waals surface area (Å²) in [7, 11) is 1.58. The predicted octanol–water partition coefficient (Wildman–Crippen LogP) is 3.67. The fourth-order valence-corrected chi connectivity index (χ4v) is 2.30. The molecule has 0 spiro atoms. The molecule has 0 aliphatic carbocycles. The Morgan fingerprint density at radius 3 is 2.83 bits per heavy atom. The van der Waals surface area contributed by atoms with Crippen molar-refractivity contribution in [1.82, 2.24) is 9.97 Å². The lowest BCUT2D eigenvalue weighted by atomic mass is 10.3. The van der Waals surface area contributed by atoms with Gasteiger partial charge in [0, 0.05) is 5.02 Å². The second kappa shape index (κ2) is 7.10. The molecule has 3 aromatic rings. The maximum absolute atomic E-state index is 6.15. The first-order valence-corrected chi connectivity index (χ1v) is 7.52. The summed E-state index contributed by atoms with van der Waals surface area (Å²) >= 11 is 6.04. The van der Waals surface area contributed by atoms with Gasteiger partial charge in [0.1, 0.15) is 23.5 Å². The number of nitrogens with one attached hydrogen (secondary N) is 2. The number of nitrogens with zero attached hydrogens (tertiary/aromatic N) is 2. The van der Waals surface area contributed by atoms with Crippen LogP contribution in [0.15, 0.2) is 47.3 Å². The summed E-state index contributed by atoms with van der Waals surface area (Å²) < 4.78 is 10.6. The molecule has 0 unspecified atom stereocenters. The number of nitrogens with two attached hydrogens (primary N) is 1. The van der Waals surface area contributed by atoms with Gasteiger partial charge in [0.2, 0.25) is 0 Å². The highest BCUT2D eigenvalue weighted by atomic mass is 35.5. The average molecular weight is 346 g/mol. The number of aromatic nitrogens is 2. The Hall–Kier alpha value is -2.93. The Labute approximate surface area is 143 Å². The maximum atomic E-state index is 6.15. The van der Waals surface area contributed by atoms with Gasteiger partial charge in [-0.25, -0.2) is 9.97 Å². The Morgan fingerprint density at radius 2 is 2.08 bits per heavy atom. The Bertz CT molecular complexity index is 823. The van der Waals surface area contributed by atoms with E-state index in [-0.39, 0.29) is 0 Å². The van der Waals surface area contributed by atoms with Gasteiger partial charge in [-0.05, 0) is 30.3 Å². The maximum Gasteiger partial charge on any atom is 0.159 e. The summed E-state index contributed by atoms with van der Waals surface area (Å²) in [6.07, 6.45) is 3.03. The summed E-state index contributed by atoms with van der Waals surface area (Å²) in [6, 6.07) is 8.92. The fraction of sp³-hybridized carbons (Fsp3) is 0.125. The van der Waals surface area contributed by atoms with Gasteiger partial charge >= 0.3 is 0 Å². The third-order valence-corrected chi connectivity index (χ3v) is 3.54. The van der Waals surface area contributed by atoms with Crippen molar-refractivity contribution in [1.29, 1.82) is 0 Å². The van der Waals surface area contributed by atoms with Crippen LogP contribution in [-0.4, -0.2) is 17.1 Å². The van der Waals surface area contributed by atoms with Crippen LogP contribution in [0.3, 0.4) is 0 Å². The highest BCUT2D eigenvalue weighted by Gasteiger charge is 2.11. The average Bonchev–Trinajstić information content (AvgIpc) is 3.09. The van der Waals surface area contributed by atoms with Crippen molar-refractivity contribution in [3.8, 4) is 5.75 Å². The molecule has 4 N–H and O–H groups in total. The molecule has 24 heavy (non-hydrogen) atoms. The number of furan rings is 1. The second-order valence-electron chi connectivity index (χ2n) is 4.89. The molecule has 7 nitrogen and oxygen atoms in total. The number of rotatable bonds is 6. The minimum Gasteiger partial charge on any atom is -0.495 e. The molecule has 0 saturated carbocycles. The molecule has 0 aliphatic heterocycles. The van der Waals surface area contributed by atoms with Crippen molar-refractivity contribution in [3.63, 3.8) is 0 Å². The number of methoxy groups -OCH3 is 1. The standard InChI is InChI=1S/C16H16ClN5O2/c1-23-13-5-4-10(17)7-12(13)22-16-14(18)15(20-9-21-16)19-8-11-3-2-6-24-11/h2-7,9H,8,18H2,1H3,(H2,19,20,21,22). The van der Waals surface area contributed by atoms with Crippen molar-refractivity contribution in [3.05, 3.63) is 53.7 Å². The monoisotopic (exact) mass is 345 g/mol. The Kier molecular flexibility index (Phi) is 4.72. The smallest absolute Gasteiger partial charge is 0.159 e. The van der Waals surface area contributed by atoms with Crippen molar-refractivity contribution in [2.24, 2.45) is 0 Å². The van der Waals surface area contributed by atoms with Crippen molar-refractivity contribution in [2.45, 2.75) is 6.54 Å². The molecule has 0 atom stereocenters. The van der Waals surface area contributed by atoms with E-state index in [1.54, 1.807) is 31.6 Å². The van der Waals surface area contributed by atoms with E-state index in [1.807, 2.05) is 12.1 Å². The molecule has 0 aliphatic rings. The number of halogens is 1. The molecule has 0 saturated heterocycles. The topological polar surface area (TPSA) is 98.2 Å². The van der Waals surface area contributed by atoms with Crippen molar-refractivity contribution in [2.75, 3.05) is 23.5 Å². The van der Waals surface area contributed by atoms with Crippen LogP contribution in [-0.2, 0) is 6.54 Å². The van der Waals surface area contributed by atoms with Gasteiger partial charge in [0.05, 0.1) is 25.6 Å². The van der Waals surface area contributed by atoms with Gasteiger partial charge in [-0.2, -0.15) is 0 Å². The van der Waals surface area contributed by atoms with Crippen molar-refractivity contribution >= 4 is 34.6 Å². The van der Waals surface area contributed by atoms with E-state index in [4.69, 9.17) is 26.5 Å². The normalized spacial score (nSPS) is 10.4. The second-order valence-corrected chi connectivity index (χ2v) is 5.32. The molecule has 1 aromatic carbocycles. The van der Waals surface area contributed by atoms with E-state index in [0.717, 1.165) is 5.76 Å². The quantitative estimate of drug-likeness (QED) is 0.627. The summed E-state index contributed by atoms with van der Waals surface area (Å²) in [5.41, 5.74) is 7.19. The minimum atomic E-state index is 0.381. The molecule has 8 heteroatoms. The first-order chi connectivity index (χ1) is 11.7. The van der Waals surface area contributed by atoms with Gasteiger partial charge in [0.15, 0.2) is 11.6 Å². The van der Waals surface area contributed by atoms with Crippen LogP contribution in [0.5, 0.6) is 5.75 Å². The molecule has 0 bridgehead atoms. The van der Waals surface area contributed by atoms with Gasteiger partial charge in [-0.15, -0.1) is 0 Å². The third kappa shape index (κ3) is 3.52. The zero-order valence-electron chi connectivity index (χ0n) is 12.9.